The SMILES string of the molecule is CN1C2CCCC1CC(Nc1nc(Cl)cc(O[C@@H]3CCOC3)n1)C2. The maximum atomic E-state index is 6.16. The van der Waals surface area contributed by atoms with Crippen LogP contribution in [0.15, 0.2) is 6.07 Å². The highest BCUT2D eigenvalue weighted by molar-refractivity contribution is 6.29. The van der Waals surface area contributed by atoms with Crippen molar-refractivity contribution in [1.82, 2.24) is 14.9 Å². The summed E-state index contributed by atoms with van der Waals surface area (Å²) in [6, 6.07) is 3.41. The van der Waals surface area contributed by atoms with Crippen molar-refractivity contribution in [3.8, 4) is 5.88 Å². The number of ether oxygens (including phenoxy) is 2. The molecule has 6 nitrogen and oxygen atoms in total. The molecule has 3 atom stereocenters. The molecule has 132 valence electrons. The lowest BCUT2D eigenvalue weighted by Crippen LogP contribution is -2.52. The van der Waals surface area contributed by atoms with E-state index in [2.05, 4.69) is 27.2 Å². The van der Waals surface area contributed by atoms with Gasteiger partial charge in [0.15, 0.2) is 0 Å². The Balaban J connectivity index is 1.43. The van der Waals surface area contributed by atoms with Crippen LogP contribution in [0.2, 0.25) is 5.15 Å². The van der Waals surface area contributed by atoms with Crippen LogP contribution in [-0.2, 0) is 4.74 Å². The van der Waals surface area contributed by atoms with E-state index in [4.69, 9.17) is 21.1 Å². The summed E-state index contributed by atoms with van der Waals surface area (Å²) in [5.41, 5.74) is 0. The molecular weight excluding hydrogens is 328 g/mol. The maximum absolute atomic E-state index is 6.16. The van der Waals surface area contributed by atoms with Crippen molar-refractivity contribution in [2.75, 3.05) is 25.6 Å². The summed E-state index contributed by atoms with van der Waals surface area (Å²) >= 11 is 6.16. The van der Waals surface area contributed by atoms with Crippen LogP contribution >= 0.6 is 11.6 Å². The van der Waals surface area contributed by atoms with E-state index in [0.29, 0.717) is 41.7 Å². The summed E-state index contributed by atoms with van der Waals surface area (Å²) in [6.07, 6.45) is 7.15. The first-order chi connectivity index (χ1) is 11.7. The highest BCUT2D eigenvalue weighted by Gasteiger charge is 2.36. The highest BCUT2D eigenvalue weighted by atomic mass is 35.5. The second-order valence-corrected chi connectivity index (χ2v) is 7.56. The minimum absolute atomic E-state index is 0.0616. The zero-order valence-corrected chi connectivity index (χ0v) is 14.8. The minimum atomic E-state index is 0.0616. The first-order valence-electron chi connectivity index (χ1n) is 8.95. The van der Waals surface area contributed by atoms with Crippen molar-refractivity contribution < 1.29 is 9.47 Å². The number of aromatic nitrogens is 2. The third-order valence-electron chi connectivity index (χ3n) is 5.52. The molecule has 4 heterocycles. The Bertz CT molecular complexity index is 568. The topological polar surface area (TPSA) is 59.5 Å². The largest absolute Gasteiger partial charge is 0.472 e. The van der Waals surface area contributed by atoms with Gasteiger partial charge in [-0.05, 0) is 32.7 Å². The van der Waals surface area contributed by atoms with Gasteiger partial charge in [0, 0.05) is 30.6 Å². The molecule has 3 aliphatic heterocycles. The van der Waals surface area contributed by atoms with Gasteiger partial charge in [-0.2, -0.15) is 4.98 Å². The van der Waals surface area contributed by atoms with Crippen LogP contribution in [0.4, 0.5) is 5.95 Å². The summed E-state index contributed by atoms with van der Waals surface area (Å²) in [6.45, 7) is 1.36. The van der Waals surface area contributed by atoms with E-state index in [1.165, 1.54) is 19.3 Å². The van der Waals surface area contributed by atoms with Crippen LogP contribution in [0.5, 0.6) is 5.88 Å². The van der Waals surface area contributed by atoms with Crippen molar-refractivity contribution in [1.29, 1.82) is 0 Å². The number of fused-ring (bicyclic) bond motifs is 2. The third kappa shape index (κ3) is 3.60. The molecule has 0 radical (unpaired) electrons. The van der Waals surface area contributed by atoms with Crippen molar-refractivity contribution in [3.63, 3.8) is 0 Å². The lowest BCUT2D eigenvalue weighted by atomic mass is 9.82. The average Bonchev–Trinajstić information content (AvgIpc) is 3.00. The number of halogens is 1. The van der Waals surface area contributed by atoms with Gasteiger partial charge in [-0.15, -0.1) is 0 Å². The highest BCUT2D eigenvalue weighted by Crippen LogP contribution is 2.33. The first kappa shape index (κ1) is 16.4. The first-order valence-corrected chi connectivity index (χ1v) is 9.32. The lowest BCUT2D eigenvalue weighted by molar-refractivity contribution is 0.0607. The predicted molar refractivity (Wildman–Crippen MR) is 92.7 cm³/mol. The third-order valence-corrected chi connectivity index (χ3v) is 5.71. The average molecular weight is 353 g/mol. The van der Waals surface area contributed by atoms with E-state index in [-0.39, 0.29) is 6.10 Å². The van der Waals surface area contributed by atoms with E-state index < -0.39 is 0 Å². The van der Waals surface area contributed by atoms with E-state index >= 15 is 0 Å². The Morgan fingerprint density at radius 3 is 2.75 bits per heavy atom. The number of hydrogen-bond acceptors (Lipinski definition) is 6. The van der Waals surface area contributed by atoms with Gasteiger partial charge in [0.05, 0.1) is 13.2 Å². The number of nitrogens with zero attached hydrogens (tertiary/aromatic N) is 3. The standard InChI is InChI=1S/C17H25ClN4O2/c1-22-12-3-2-4-13(22)8-11(7-12)19-17-20-15(18)9-16(21-17)24-14-5-6-23-10-14/h9,11-14H,2-8,10H2,1H3,(H,19,20,21)/t11?,12?,13?,14-/m1/s1. The fourth-order valence-electron chi connectivity index (χ4n) is 4.21. The molecule has 0 aliphatic carbocycles. The molecule has 2 unspecified atom stereocenters. The number of piperidine rings is 2. The molecule has 0 amide bonds. The van der Waals surface area contributed by atoms with Crippen molar-refractivity contribution in [3.05, 3.63) is 11.2 Å². The fourth-order valence-corrected chi connectivity index (χ4v) is 4.39. The summed E-state index contributed by atoms with van der Waals surface area (Å²) in [5.74, 6) is 1.10. The van der Waals surface area contributed by atoms with Crippen molar-refractivity contribution in [2.24, 2.45) is 0 Å². The Kier molecular flexibility index (Phi) is 4.79. The van der Waals surface area contributed by atoms with Gasteiger partial charge in [0.25, 0.3) is 0 Å². The van der Waals surface area contributed by atoms with Crippen LogP contribution in [-0.4, -0.2) is 59.4 Å². The van der Waals surface area contributed by atoms with Gasteiger partial charge in [0.1, 0.15) is 11.3 Å². The Hall–Kier alpha value is -1.11. The monoisotopic (exact) mass is 352 g/mol. The molecule has 0 aromatic carbocycles. The van der Waals surface area contributed by atoms with Crippen molar-refractivity contribution >= 4 is 17.5 Å². The second kappa shape index (κ2) is 7.02. The van der Waals surface area contributed by atoms with Crippen LogP contribution in [0.1, 0.15) is 38.5 Å². The second-order valence-electron chi connectivity index (χ2n) is 7.17. The fraction of sp³-hybridized carbons (Fsp3) is 0.765. The molecule has 0 saturated carbocycles. The smallest absolute Gasteiger partial charge is 0.227 e. The van der Waals surface area contributed by atoms with E-state index in [0.717, 1.165) is 25.9 Å². The molecule has 3 fully saturated rings. The molecule has 4 rings (SSSR count). The van der Waals surface area contributed by atoms with Crippen LogP contribution in [0, 0.1) is 0 Å². The lowest BCUT2D eigenvalue weighted by Gasteiger charge is -2.47. The molecule has 1 N–H and O–H groups in total. The van der Waals surface area contributed by atoms with Gasteiger partial charge >= 0.3 is 0 Å². The van der Waals surface area contributed by atoms with Crippen LogP contribution in [0.3, 0.4) is 0 Å². The number of nitrogens with one attached hydrogen (secondary N) is 1. The van der Waals surface area contributed by atoms with E-state index in [9.17, 15) is 0 Å². The normalized spacial score (nSPS) is 33.4. The molecular formula is C17H25ClN4O2. The summed E-state index contributed by atoms with van der Waals surface area (Å²) in [7, 11) is 2.26. The quantitative estimate of drug-likeness (QED) is 0.841. The molecule has 7 heteroatoms. The van der Waals surface area contributed by atoms with Crippen molar-refractivity contribution in [2.45, 2.75) is 62.8 Å². The summed E-state index contributed by atoms with van der Waals surface area (Å²) in [4.78, 5) is 11.4. The van der Waals surface area contributed by atoms with Crippen LogP contribution < -0.4 is 10.1 Å². The number of anilines is 1. The van der Waals surface area contributed by atoms with E-state index in [1.54, 1.807) is 6.07 Å². The summed E-state index contributed by atoms with van der Waals surface area (Å²) in [5, 5.41) is 3.90. The van der Waals surface area contributed by atoms with Gasteiger partial charge in [-0.3, -0.25) is 0 Å². The zero-order chi connectivity index (χ0) is 16.5. The molecule has 0 spiro atoms. The number of rotatable bonds is 4. The Morgan fingerprint density at radius 1 is 1.25 bits per heavy atom. The predicted octanol–water partition coefficient (Wildman–Crippen LogP) is 2.72. The number of hydrogen-bond donors (Lipinski definition) is 1. The van der Waals surface area contributed by atoms with Gasteiger partial charge < -0.3 is 19.7 Å². The molecule has 24 heavy (non-hydrogen) atoms. The minimum Gasteiger partial charge on any atom is -0.472 e. The van der Waals surface area contributed by atoms with Gasteiger partial charge in [0.2, 0.25) is 11.8 Å². The molecule has 1 aromatic heterocycles. The molecule has 3 aliphatic rings. The molecule has 1 aromatic rings. The molecule has 3 saturated heterocycles. The summed E-state index contributed by atoms with van der Waals surface area (Å²) < 4.78 is 11.2. The van der Waals surface area contributed by atoms with Crippen LogP contribution in [0.25, 0.3) is 0 Å². The van der Waals surface area contributed by atoms with Gasteiger partial charge in [-0.25, -0.2) is 4.98 Å². The zero-order valence-electron chi connectivity index (χ0n) is 14.1. The molecule has 2 bridgehead atoms. The maximum Gasteiger partial charge on any atom is 0.227 e. The Morgan fingerprint density at radius 2 is 2.04 bits per heavy atom. The van der Waals surface area contributed by atoms with E-state index in [1.807, 2.05) is 0 Å². The van der Waals surface area contributed by atoms with Gasteiger partial charge in [-0.1, -0.05) is 18.0 Å². The Labute approximate surface area is 147 Å².